The molecule has 0 saturated heterocycles. The molecule has 1 amide bonds. The second-order valence-electron chi connectivity index (χ2n) is 6.98. The molecule has 7 heteroatoms. The summed E-state index contributed by atoms with van der Waals surface area (Å²) < 4.78 is 15.6. The molecular weight excluding hydrogens is 411 g/mol. The average molecular weight is 433 g/mol. The molecule has 1 aromatic heterocycles. The average Bonchev–Trinajstić information content (AvgIpc) is 3.23. The minimum atomic E-state index is -0.344. The summed E-state index contributed by atoms with van der Waals surface area (Å²) in [6.07, 6.45) is 0. The summed E-state index contributed by atoms with van der Waals surface area (Å²) >= 11 is 1.29. The SMILES string of the molecule is CC(NC(=O)CSc1nnc(-c2cccc(F)c2)n1-c1ccccc1)c1ccccc1. The maximum Gasteiger partial charge on any atom is 0.230 e. The first-order valence-corrected chi connectivity index (χ1v) is 10.8. The Kier molecular flexibility index (Phi) is 6.43. The van der Waals surface area contributed by atoms with Crippen LogP contribution >= 0.6 is 11.8 Å². The van der Waals surface area contributed by atoms with Gasteiger partial charge in [-0.2, -0.15) is 0 Å². The lowest BCUT2D eigenvalue weighted by molar-refractivity contribution is -0.119. The number of benzene rings is 3. The van der Waals surface area contributed by atoms with E-state index in [4.69, 9.17) is 0 Å². The number of nitrogens with one attached hydrogen (secondary N) is 1. The zero-order valence-electron chi connectivity index (χ0n) is 16.9. The van der Waals surface area contributed by atoms with E-state index in [2.05, 4.69) is 15.5 Å². The minimum Gasteiger partial charge on any atom is -0.349 e. The van der Waals surface area contributed by atoms with Crippen molar-refractivity contribution < 1.29 is 9.18 Å². The van der Waals surface area contributed by atoms with Gasteiger partial charge in [-0.05, 0) is 36.8 Å². The fraction of sp³-hybridized carbons (Fsp3) is 0.125. The number of thioether (sulfide) groups is 1. The molecule has 0 saturated carbocycles. The van der Waals surface area contributed by atoms with E-state index in [9.17, 15) is 9.18 Å². The van der Waals surface area contributed by atoms with Gasteiger partial charge in [0.05, 0.1) is 11.8 Å². The van der Waals surface area contributed by atoms with Crippen molar-refractivity contribution in [2.75, 3.05) is 5.75 Å². The Morgan fingerprint density at radius 1 is 1.00 bits per heavy atom. The third kappa shape index (κ3) is 5.00. The van der Waals surface area contributed by atoms with Gasteiger partial charge in [-0.1, -0.05) is 72.4 Å². The summed E-state index contributed by atoms with van der Waals surface area (Å²) in [5.41, 5.74) is 2.50. The van der Waals surface area contributed by atoms with E-state index in [0.717, 1.165) is 11.3 Å². The number of hydrogen-bond acceptors (Lipinski definition) is 4. The normalized spacial score (nSPS) is 11.8. The standard InChI is InChI=1S/C24H21FN4OS/c1-17(18-9-4-2-5-10-18)26-22(30)16-31-24-28-27-23(19-11-8-12-20(25)15-19)29(24)21-13-6-3-7-14-21/h2-15,17H,16H2,1H3,(H,26,30). The fourth-order valence-electron chi connectivity index (χ4n) is 3.23. The molecule has 0 aliphatic rings. The van der Waals surface area contributed by atoms with Crippen LogP contribution in [0.1, 0.15) is 18.5 Å². The van der Waals surface area contributed by atoms with Crippen molar-refractivity contribution in [2.24, 2.45) is 0 Å². The monoisotopic (exact) mass is 432 g/mol. The number of hydrogen-bond donors (Lipinski definition) is 1. The molecule has 0 aliphatic heterocycles. The van der Waals surface area contributed by atoms with Gasteiger partial charge in [-0.3, -0.25) is 9.36 Å². The van der Waals surface area contributed by atoms with Gasteiger partial charge >= 0.3 is 0 Å². The number of carbonyl (C=O) groups excluding carboxylic acids is 1. The minimum absolute atomic E-state index is 0.0934. The van der Waals surface area contributed by atoms with Crippen LogP contribution in [0.4, 0.5) is 4.39 Å². The predicted octanol–water partition coefficient (Wildman–Crippen LogP) is 5.04. The molecule has 0 fully saturated rings. The summed E-state index contributed by atoms with van der Waals surface area (Å²) in [6.45, 7) is 1.95. The van der Waals surface area contributed by atoms with Gasteiger partial charge in [-0.25, -0.2) is 4.39 Å². The molecule has 31 heavy (non-hydrogen) atoms. The van der Waals surface area contributed by atoms with E-state index in [0.29, 0.717) is 16.5 Å². The van der Waals surface area contributed by atoms with Crippen molar-refractivity contribution >= 4 is 17.7 Å². The third-order valence-corrected chi connectivity index (χ3v) is 5.67. The van der Waals surface area contributed by atoms with Crippen molar-refractivity contribution in [2.45, 2.75) is 18.1 Å². The van der Waals surface area contributed by atoms with E-state index < -0.39 is 0 Å². The Morgan fingerprint density at radius 3 is 2.42 bits per heavy atom. The van der Waals surface area contributed by atoms with E-state index in [1.165, 1.54) is 23.9 Å². The van der Waals surface area contributed by atoms with Crippen LogP contribution in [-0.4, -0.2) is 26.4 Å². The number of para-hydroxylation sites is 1. The Bertz CT molecular complexity index is 1160. The lowest BCUT2D eigenvalue weighted by Gasteiger charge is -2.14. The predicted molar refractivity (Wildman–Crippen MR) is 120 cm³/mol. The highest BCUT2D eigenvalue weighted by Crippen LogP contribution is 2.28. The highest BCUT2D eigenvalue weighted by atomic mass is 32.2. The third-order valence-electron chi connectivity index (χ3n) is 4.74. The molecule has 156 valence electrons. The first-order valence-electron chi connectivity index (χ1n) is 9.85. The topological polar surface area (TPSA) is 59.8 Å². The van der Waals surface area contributed by atoms with Crippen molar-refractivity contribution in [1.82, 2.24) is 20.1 Å². The van der Waals surface area contributed by atoms with Gasteiger partial charge in [0, 0.05) is 11.3 Å². The van der Waals surface area contributed by atoms with Gasteiger partial charge < -0.3 is 5.32 Å². The van der Waals surface area contributed by atoms with Gasteiger partial charge in [-0.15, -0.1) is 10.2 Å². The quantitative estimate of drug-likeness (QED) is 0.416. The van der Waals surface area contributed by atoms with Crippen molar-refractivity contribution in [3.8, 4) is 17.1 Å². The molecule has 1 atom stereocenters. The summed E-state index contributed by atoms with van der Waals surface area (Å²) in [7, 11) is 0. The summed E-state index contributed by atoms with van der Waals surface area (Å²) in [5.74, 6) is 0.261. The molecule has 1 unspecified atom stereocenters. The van der Waals surface area contributed by atoms with Crippen molar-refractivity contribution in [3.63, 3.8) is 0 Å². The first-order chi connectivity index (χ1) is 15.1. The lowest BCUT2D eigenvalue weighted by atomic mass is 10.1. The van der Waals surface area contributed by atoms with Crippen LogP contribution in [-0.2, 0) is 4.79 Å². The Morgan fingerprint density at radius 2 is 1.71 bits per heavy atom. The largest absolute Gasteiger partial charge is 0.349 e. The molecule has 5 nitrogen and oxygen atoms in total. The van der Waals surface area contributed by atoms with Gasteiger partial charge in [0.1, 0.15) is 5.82 Å². The molecule has 0 radical (unpaired) electrons. The van der Waals surface area contributed by atoms with Crippen molar-refractivity contribution in [3.05, 3.63) is 96.3 Å². The fourth-order valence-corrected chi connectivity index (χ4v) is 3.99. The summed E-state index contributed by atoms with van der Waals surface area (Å²) in [4.78, 5) is 12.5. The number of halogens is 1. The maximum absolute atomic E-state index is 13.8. The number of carbonyl (C=O) groups is 1. The van der Waals surface area contributed by atoms with Crippen LogP contribution in [0.15, 0.2) is 90.1 Å². The summed E-state index contributed by atoms with van der Waals surface area (Å²) in [6, 6.07) is 25.5. The number of rotatable bonds is 7. The van der Waals surface area contributed by atoms with Crippen LogP contribution in [0.3, 0.4) is 0 Å². The van der Waals surface area contributed by atoms with E-state index in [1.807, 2.05) is 72.2 Å². The van der Waals surface area contributed by atoms with E-state index >= 15 is 0 Å². The molecule has 1 N–H and O–H groups in total. The Hall–Kier alpha value is -3.45. The zero-order chi connectivity index (χ0) is 21.6. The van der Waals surface area contributed by atoms with Gasteiger partial charge in [0.15, 0.2) is 11.0 Å². The van der Waals surface area contributed by atoms with Crippen LogP contribution in [0, 0.1) is 5.82 Å². The molecule has 4 aromatic rings. The Balaban J connectivity index is 1.55. The Labute approximate surface area is 184 Å². The molecular formula is C24H21FN4OS. The van der Waals surface area contributed by atoms with E-state index in [-0.39, 0.29) is 23.5 Å². The molecule has 1 heterocycles. The highest BCUT2D eigenvalue weighted by molar-refractivity contribution is 7.99. The second kappa shape index (κ2) is 9.57. The number of amides is 1. The highest BCUT2D eigenvalue weighted by Gasteiger charge is 2.18. The molecule has 4 rings (SSSR count). The second-order valence-corrected chi connectivity index (χ2v) is 7.92. The number of nitrogens with zero attached hydrogens (tertiary/aromatic N) is 3. The summed E-state index contributed by atoms with van der Waals surface area (Å²) in [5, 5.41) is 12.1. The first kappa shape index (κ1) is 20.8. The van der Waals surface area contributed by atoms with Crippen molar-refractivity contribution in [1.29, 1.82) is 0 Å². The van der Waals surface area contributed by atoms with Crippen LogP contribution in [0.2, 0.25) is 0 Å². The van der Waals surface area contributed by atoms with E-state index in [1.54, 1.807) is 12.1 Å². The van der Waals surface area contributed by atoms with Crippen LogP contribution in [0.5, 0.6) is 0 Å². The smallest absolute Gasteiger partial charge is 0.230 e. The zero-order valence-corrected chi connectivity index (χ0v) is 17.7. The molecule has 3 aromatic carbocycles. The number of aromatic nitrogens is 3. The van der Waals surface area contributed by atoms with Crippen LogP contribution < -0.4 is 5.32 Å². The lowest BCUT2D eigenvalue weighted by Crippen LogP contribution is -2.28. The molecule has 0 bridgehead atoms. The van der Waals surface area contributed by atoms with Gasteiger partial charge in [0.25, 0.3) is 0 Å². The molecule has 0 spiro atoms. The molecule has 0 aliphatic carbocycles. The maximum atomic E-state index is 13.8. The van der Waals surface area contributed by atoms with Crippen LogP contribution in [0.25, 0.3) is 17.1 Å². The van der Waals surface area contributed by atoms with Gasteiger partial charge in [0.2, 0.25) is 5.91 Å².